The van der Waals surface area contributed by atoms with E-state index >= 15 is 0 Å². The van der Waals surface area contributed by atoms with Crippen molar-refractivity contribution in [2.24, 2.45) is 24.6 Å². The van der Waals surface area contributed by atoms with Gasteiger partial charge in [0.25, 0.3) is 5.91 Å². The summed E-state index contributed by atoms with van der Waals surface area (Å²) in [7, 11) is 1.86. The van der Waals surface area contributed by atoms with Crippen LogP contribution in [0.5, 0.6) is 11.5 Å². The molecule has 2 aliphatic rings. The van der Waals surface area contributed by atoms with Gasteiger partial charge in [-0.05, 0) is 48.7 Å². The number of imidazole rings is 1. The van der Waals surface area contributed by atoms with E-state index in [-0.39, 0.29) is 41.6 Å². The Kier molecular flexibility index (Phi) is 6.77. The summed E-state index contributed by atoms with van der Waals surface area (Å²) in [4.78, 5) is 31.3. The van der Waals surface area contributed by atoms with Crippen LogP contribution in [0.3, 0.4) is 0 Å². The second-order valence-electron chi connectivity index (χ2n) is 9.85. The van der Waals surface area contributed by atoms with Gasteiger partial charge in [-0.15, -0.1) is 13.2 Å². The lowest BCUT2D eigenvalue weighted by Crippen LogP contribution is -2.49. The average Bonchev–Trinajstić information content (AvgIpc) is 3.38. The quantitative estimate of drug-likeness (QED) is 0.501. The van der Waals surface area contributed by atoms with Crippen LogP contribution in [0.1, 0.15) is 28.8 Å². The number of halogens is 3. The molecule has 0 unspecified atom stereocenters. The lowest BCUT2D eigenvalue weighted by atomic mass is 9.94. The first kappa shape index (κ1) is 25.6. The zero-order chi connectivity index (χ0) is 27.0. The monoisotopic (exact) mass is 528 g/mol. The molecule has 1 saturated carbocycles. The second kappa shape index (κ2) is 10.0. The van der Waals surface area contributed by atoms with Gasteiger partial charge in [0.2, 0.25) is 5.91 Å². The van der Waals surface area contributed by atoms with E-state index in [1.165, 1.54) is 24.3 Å². The van der Waals surface area contributed by atoms with E-state index < -0.39 is 12.3 Å². The van der Waals surface area contributed by atoms with E-state index in [2.05, 4.69) is 9.72 Å². The van der Waals surface area contributed by atoms with Crippen LogP contribution < -0.4 is 15.2 Å². The second-order valence-corrected chi connectivity index (χ2v) is 9.85. The summed E-state index contributed by atoms with van der Waals surface area (Å²) in [5, 5.41) is 0. The molecule has 1 aliphatic carbocycles. The number of amides is 2. The van der Waals surface area contributed by atoms with Crippen molar-refractivity contribution in [3.63, 3.8) is 0 Å². The van der Waals surface area contributed by atoms with Crippen molar-refractivity contribution in [1.82, 2.24) is 14.5 Å². The van der Waals surface area contributed by atoms with Gasteiger partial charge in [0.1, 0.15) is 17.6 Å². The zero-order valence-corrected chi connectivity index (χ0v) is 20.6. The van der Waals surface area contributed by atoms with Gasteiger partial charge in [-0.2, -0.15) is 0 Å². The number of primary amides is 1. The fourth-order valence-corrected chi connectivity index (χ4v) is 5.36. The summed E-state index contributed by atoms with van der Waals surface area (Å²) in [5.41, 5.74) is 8.03. The SMILES string of the molecule is Cn1cnc(-c2ccc(O[C@H]3[C@@H]4CC[C@H]3CN(C(=O)Cc3ccc(OC(F)(F)F)cc3)C4)c(C(N)=O)c2)c1. The number of nitrogens with zero attached hydrogens (tertiary/aromatic N) is 3. The number of carbonyl (C=O) groups is 2. The highest BCUT2D eigenvalue weighted by molar-refractivity contribution is 5.97. The number of fused-ring (bicyclic) bond motifs is 2. The lowest BCUT2D eigenvalue weighted by molar-refractivity contribution is -0.274. The van der Waals surface area contributed by atoms with E-state index in [9.17, 15) is 22.8 Å². The number of rotatable bonds is 7. The number of likely N-dealkylation sites (tertiary alicyclic amines) is 1. The van der Waals surface area contributed by atoms with E-state index in [1.54, 1.807) is 23.4 Å². The fourth-order valence-electron chi connectivity index (χ4n) is 5.36. The van der Waals surface area contributed by atoms with Gasteiger partial charge in [-0.25, -0.2) is 4.98 Å². The number of piperidine rings is 1. The summed E-state index contributed by atoms with van der Waals surface area (Å²) >= 11 is 0. The molecule has 2 heterocycles. The van der Waals surface area contributed by atoms with Gasteiger partial charge in [0.05, 0.1) is 24.0 Å². The molecule has 0 radical (unpaired) electrons. The van der Waals surface area contributed by atoms with Crippen molar-refractivity contribution < 1.29 is 32.2 Å². The molecule has 1 aromatic heterocycles. The molecule has 8 nitrogen and oxygen atoms in total. The summed E-state index contributed by atoms with van der Waals surface area (Å²) in [5.74, 6) is -0.409. The summed E-state index contributed by atoms with van der Waals surface area (Å²) < 4.78 is 49.2. The fraction of sp³-hybridized carbons (Fsp3) is 0.370. The Morgan fingerprint density at radius 2 is 1.76 bits per heavy atom. The maximum atomic E-state index is 13.0. The number of carbonyl (C=O) groups excluding carboxylic acids is 2. The minimum atomic E-state index is -4.76. The number of hydrogen-bond donors (Lipinski definition) is 1. The van der Waals surface area contributed by atoms with Gasteiger partial charge in [0, 0.05) is 43.7 Å². The smallest absolute Gasteiger partial charge is 0.489 e. The molecule has 2 fully saturated rings. The van der Waals surface area contributed by atoms with Gasteiger partial charge >= 0.3 is 6.36 Å². The van der Waals surface area contributed by atoms with E-state index in [1.807, 2.05) is 23.9 Å². The zero-order valence-electron chi connectivity index (χ0n) is 20.6. The van der Waals surface area contributed by atoms with Crippen LogP contribution in [-0.4, -0.2) is 51.8 Å². The molecule has 3 atom stereocenters. The van der Waals surface area contributed by atoms with Crippen LogP contribution in [-0.2, 0) is 18.3 Å². The Morgan fingerprint density at radius 1 is 1.08 bits per heavy atom. The maximum Gasteiger partial charge on any atom is 0.573 e. The van der Waals surface area contributed by atoms with E-state index in [0.717, 1.165) is 24.1 Å². The normalized spacial score (nSPS) is 20.8. The standard InChI is InChI=1S/C27H27F3N4O4/c1-33-14-22(32-15-33)17-6-9-23(21(11-17)26(31)36)37-25-18-4-5-19(25)13-34(12-18)24(35)10-16-2-7-20(8-3-16)38-27(28,29)30/h2-3,6-9,11,14-15,18-19,25H,4-5,10,12-13H2,1H3,(H2,31,36)/t18-,19+,25+. The van der Waals surface area contributed by atoms with Gasteiger partial charge in [0.15, 0.2) is 0 Å². The molecule has 38 heavy (non-hydrogen) atoms. The molecule has 2 bridgehead atoms. The predicted molar refractivity (Wildman–Crippen MR) is 131 cm³/mol. The minimum absolute atomic E-state index is 0.0814. The minimum Gasteiger partial charge on any atom is -0.489 e. The highest BCUT2D eigenvalue weighted by atomic mass is 19.4. The molecule has 3 aromatic rings. The van der Waals surface area contributed by atoms with Crippen molar-refractivity contribution in [1.29, 1.82) is 0 Å². The Labute approximate surface area is 217 Å². The third kappa shape index (κ3) is 5.61. The molecular formula is C27H27F3N4O4. The third-order valence-electron chi connectivity index (χ3n) is 7.12. The van der Waals surface area contributed by atoms with Crippen LogP contribution in [0.2, 0.25) is 0 Å². The third-order valence-corrected chi connectivity index (χ3v) is 7.12. The molecule has 2 aromatic carbocycles. The van der Waals surface area contributed by atoms with Gasteiger partial charge < -0.3 is 24.7 Å². The number of aromatic nitrogens is 2. The summed E-state index contributed by atoms with van der Waals surface area (Å²) in [6.45, 7) is 1.01. The molecule has 2 N–H and O–H groups in total. The molecule has 5 rings (SSSR count). The van der Waals surface area contributed by atoms with Crippen molar-refractivity contribution in [3.05, 3.63) is 66.1 Å². The van der Waals surface area contributed by atoms with Crippen LogP contribution in [0, 0.1) is 11.8 Å². The van der Waals surface area contributed by atoms with Crippen LogP contribution >= 0.6 is 0 Å². The maximum absolute atomic E-state index is 13.0. The molecular weight excluding hydrogens is 501 g/mol. The molecule has 2 amide bonds. The number of ether oxygens (including phenoxy) is 2. The van der Waals surface area contributed by atoms with Crippen LogP contribution in [0.4, 0.5) is 13.2 Å². The lowest BCUT2D eigenvalue weighted by Gasteiger charge is -2.38. The largest absolute Gasteiger partial charge is 0.573 e. The Balaban J connectivity index is 1.24. The number of hydrogen-bond acceptors (Lipinski definition) is 5. The van der Waals surface area contributed by atoms with Crippen LogP contribution in [0.25, 0.3) is 11.3 Å². The molecule has 200 valence electrons. The number of nitrogens with two attached hydrogens (primary N) is 1. The van der Waals surface area contributed by atoms with Crippen molar-refractivity contribution >= 4 is 11.8 Å². The Morgan fingerprint density at radius 3 is 2.34 bits per heavy atom. The van der Waals surface area contributed by atoms with Crippen molar-refractivity contribution in [2.45, 2.75) is 31.7 Å². The first-order valence-electron chi connectivity index (χ1n) is 12.3. The summed E-state index contributed by atoms with van der Waals surface area (Å²) in [6.07, 6.45) is 0.463. The van der Waals surface area contributed by atoms with Crippen molar-refractivity contribution in [2.75, 3.05) is 13.1 Å². The first-order valence-corrected chi connectivity index (χ1v) is 12.3. The average molecular weight is 529 g/mol. The van der Waals surface area contributed by atoms with Crippen molar-refractivity contribution in [3.8, 4) is 22.8 Å². The van der Waals surface area contributed by atoms with Gasteiger partial charge in [-0.3, -0.25) is 9.59 Å². The first-order chi connectivity index (χ1) is 18.1. The number of benzene rings is 2. The molecule has 0 spiro atoms. The highest BCUT2D eigenvalue weighted by Crippen LogP contribution is 2.40. The van der Waals surface area contributed by atoms with E-state index in [0.29, 0.717) is 24.4 Å². The number of alkyl halides is 3. The molecule has 1 aliphatic heterocycles. The summed E-state index contributed by atoms with van der Waals surface area (Å²) in [6, 6.07) is 10.6. The predicted octanol–water partition coefficient (Wildman–Crippen LogP) is 3.94. The van der Waals surface area contributed by atoms with Crippen LogP contribution in [0.15, 0.2) is 55.0 Å². The highest BCUT2D eigenvalue weighted by Gasteiger charge is 2.45. The Hall–Kier alpha value is -4.02. The number of aryl methyl sites for hydroxylation is 1. The molecule has 1 saturated heterocycles. The van der Waals surface area contributed by atoms with Gasteiger partial charge in [-0.1, -0.05) is 12.1 Å². The topological polar surface area (TPSA) is 99.7 Å². The molecule has 11 heteroatoms. The Bertz CT molecular complexity index is 1320. The van der Waals surface area contributed by atoms with E-state index in [4.69, 9.17) is 10.5 Å².